The van der Waals surface area contributed by atoms with Gasteiger partial charge in [-0.25, -0.2) is 9.78 Å². The minimum atomic E-state index is -0.452. The second-order valence-electron chi connectivity index (χ2n) is 5.67. The zero-order valence-corrected chi connectivity index (χ0v) is 14.0. The summed E-state index contributed by atoms with van der Waals surface area (Å²) in [5.74, 6) is -0.452. The molecule has 0 aliphatic carbocycles. The van der Waals surface area contributed by atoms with Crippen molar-refractivity contribution in [1.29, 1.82) is 0 Å². The number of hydrogen-bond donors (Lipinski definition) is 1. The van der Waals surface area contributed by atoms with E-state index < -0.39 is 5.97 Å². The molecule has 0 amide bonds. The van der Waals surface area contributed by atoms with Crippen LogP contribution in [0.3, 0.4) is 0 Å². The fourth-order valence-corrected chi connectivity index (χ4v) is 2.60. The van der Waals surface area contributed by atoms with Gasteiger partial charge in [-0.3, -0.25) is 9.98 Å². The summed E-state index contributed by atoms with van der Waals surface area (Å²) in [5, 5.41) is 0. The number of allylic oxidation sites excluding steroid dienone is 1. The number of nitrogens with zero attached hydrogens (tertiary/aromatic N) is 3. The Morgan fingerprint density at radius 2 is 2.28 bits per heavy atom. The van der Waals surface area contributed by atoms with Gasteiger partial charge in [0.15, 0.2) is 0 Å². The zero-order chi connectivity index (χ0) is 17.6. The van der Waals surface area contributed by atoms with Crippen LogP contribution in [0, 0.1) is 0 Å². The van der Waals surface area contributed by atoms with E-state index in [0.29, 0.717) is 27.9 Å². The number of hydrogen-bond acceptors (Lipinski definition) is 7. The van der Waals surface area contributed by atoms with Gasteiger partial charge in [0.2, 0.25) is 0 Å². The molecule has 1 fully saturated rings. The van der Waals surface area contributed by atoms with Crippen LogP contribution in [-0.2, 0) is 9.47 Å². The van der Waals surface area contributed by atoms with E-state index in [2.05, 4.69) is 15.0 Å². The monoisotopic (exact) mass is 340 g/mol. The van der Waals surface area contributed by atoms with Crippen molar-refractivity contribution in [2.75, 3.05) is 13.7 Å². The lowest BCUT2D eigenvalue weighted by molar-refractivity contribution is 0.0227. The first-order chi connectivity index (χ1) is 12.2. The molecule has 0 radical (unpaired) electrons. The first-order valence-corrected chi connectivity index (χ1v) is 8.13. The van der Waals surface area contributed by atoms with Crippen LogP contribution in [0.15, 0.2) is 35.6 Å². The predicted octanol–water partition coefficient (Wildman–Crippen LogP) is 2.31. The molecule has 1 saturated heterocycles. The number of rotatable bonds is 4. The number of methoxy groups -OCH3 is 1. The predicted molar refractivity (Wildman–Crippen MR) is 95.1 cm³/mol. The van der Waals surface area contributed by atoms with E-state index in [9.17, 15) is 4.79 Å². The van der Waals surface area contributed by atoms with Gasteiger partial charge in [-0.15, -0.1) is 0 Å². The van der Waals surface area contributed by atoms with Gasteiger partial charge in [-0.1, -0.05) is 0 Å². The van der Waals surface area contributed by atoms with Gasteiger partial charge in [-0.05, 0) is 37.5 Å². The number of pyridine rings is 2. The van der Waals surface area contributed by atoms with E-state index in [1.54, 1.807) is 12.3 Å². The zero-order valence-electron chi connectivity index (χ0n) is 14.0. The van der Waals surface area contributed by atoms with Crippen LogP contribution in [-0.4, -0.2) is 42.1 Å². The van der Waals surface area contributed by atoms with Crippen molar-refractivity contribution in [3.63, 3.8) is 0 Å². The van der Waals surface area contributed by atoms with E-state index in [0.717, 1.165) is 25.9 Å². The highest BCUT2D eigenvalue weighted by Crippen LogP contribution is 2.18. The van der Waals surface area contributed by atoms with Crippen molar-refractivity contribution in [2.45, 2.75) is 25.5 Å². The number of esters is 1. The molecule has 2 N–H and O–H groups in total. The maximum atomic E-state index is 11.7. The Labute approximate surface area is 145 Å². The number of aromatic nitrogens is 2. The SMILES string of the molecule is COC(=O)c1cnc2ccc(C(C=NC3CCCCO3)=CN)nc2c1. The average Bonchev–Trinajstić information content (AvgIpc) is 2.68. The second kappa shape index (κ2) is 7.85. The highest BCUT2D eigenvalue weighted by Gasteiger charge is 2.12. The molecule has 130 valence electrons. The molecule has 1 atom stereocenters. The first kappa shape index (κ1) is 17.0. The van der Waals surface area contributed by atoms with Crippen molar-refractivity contribution < 1.29 is 14.3 Å². The number of nitrogens with two attached hydrogens (primary N) is 1. The summed E-state index contributed by atoms with van der Waals surface area (Å²) in [5.41, 5.74) is 8.69. The number of fused-ring (bicyclic) bond motifs is 1. The smallest absolute Gasteiger partial charge is 0.339 e. The highest BCUT2D eigenvalue weighted by atomic mass is 16.5. The third-order valence-electron chi connectivity index (χ3n) is 3.97. The van der Waals surface area contributed by atoms with Gasteiger partial charge >= 0.3 is 5.97 Å². The fourth-order valence-electron chi connectivity index (χ4n) is 2.60. The normalized spacial score (nSPS) is 18.6. The summed E-state index contributed by atoms with van der Waals surface area (Å²) in [4.78, 5) is 24.9. The van der Waals surface area contributed by atoms with Crippen LogP contribution in [0.2, 0.25) is 0 Å². The van der Waals surface area contributed by atoms with Crippen molar-refractivity contribution >= 4 is 28.8 Å². The van der Waals surface area contributed by atoms with Crippen molar-refractivity contribution in [1.82, 2.24) is 9.97 Å². The maximum absolute atomic E-state index is 11.7. The Morgan fingerprint density at radius 3 is 3.00 bits per heavy atom. The minimum Gasteiger partial charge on any atom is -0.465 e. The maximum Gasteiger partial charge on any atom is 0.339 e. The van der Waals surface area contributed by atoms with Gasteiger partial charge in [0.05, 0.1) is 29.4 Å². The summed E-state index contributed by atoms with van der Waals surface area (Å²) >= 11 is 0. The molecular formula is C18H20N4O3. The average molecular weight is 340 g/mol. The fraction of sp³-hybridized carbons (Fsp3) is 0.333. The molecule has 3 heterocycles. The van der Waals surface area contributed by atoms with Gasteiger partial charge in [-0.2, -0.15) is 0 Å². The van der Waals surface area contributed by atoms with Gasteiger partial charge < -0.3 is 15.2 Å². The topological polar surface area (TPSA) is 99.7 Å². The number of carbonyl (C=O) groups excluding carboxylic acids is 1. The van der Waals surface area contributed by atoms with Crippen molar-refractivity contribution in [2.24, 2.45) is 10.7 Å². The summed E-state index contributed by atoms with van der Waals surface area (Å²) in [6.45, 7) is 0.736. The van der Waals surface area contributed by atoms with Crippen molar-refractivity contribution in [3.05, 3.63) is 41.9 Å². The standard InChI is InChI=1S/C18H20N4O3/c1-24-18(23)12-8-16-15(20-10-12)6-5-14(22-16)13(9-19)11-21-17-4-2-3-7-25-17/h5-6,8-11,17H,2-4,7,19H2,1H3. The number of ether oxygens (including phenoxy) is 2. The van der Waals surface area contributed by atoms with Crippen LogP contribution in [0.4, 0.5) is 0 Å². The van der Waals surface area contributed by atoms with E-state index in [1.165, 1.54) is 19.5 Å². The van der Waals surface area contributed by atoms with Gasteiger partial charge in [0.25, 0.3) is 0 Å². The third-order valence-corrected chi connectivity index (χ3v) is 3.97. The van der Waals surface area contributed by atoms with Gasteiger partial charge in [0, 0.05) is 30.8 Å². The molecule has 2 aromatic rings. The molecule has 0 saturated carbocycles. The Balaban J connectivity index is 1.87. The lowest BCUT2D eigenvalue weighted by Gasteiger charge is -2.18. The summed E-state index contributed by atoms with van der Waals surface area (Å²) in [7, 11) is 1.33. The van der Waals surface area contributed by atoms with E-state index in [4.69, 9.17) is 15.2 Å². The van der Waals surface area contributed by atoms with Crippen LogP contribution < -0.4 is 5.73 Å². The van der Waals surface area contributed by atoms with Gasteiger partial charge in [0.1, 0.15) is 6.23 Å². The Kier molecular flexibility index (Phi) is 5.35. The molecule has 1 aliphatic heterocycles. The third kappa shape index (κ3) is 4.00. The lowest BCUT2D eigenvalue weighted by Crippen LogP contribution is -2.16. The largest absolute Gasteiger partial charge is 0.465 e. The molecule has 0 bridgehead atoms. The van der Waals surface area contributed by atoms with E-state index >= 15 is 0 Å². The van der Waals surface area contributed by atoms with E-state index in [-0.39, 0.29) is 6.23 Å². The molecule has 1 aliphatic rings. The lowest BCUT2D eigenvalue weighted by atomic mass is 10.1. The Hall–Kier alpha value is -2.80. The number of carbonyl (C=O) groups is 1. The molecular weight excluding hydrogens is 320 g/mol. The van der Waals surface area contributed by atoms with Crippen LogP contribution in [0.1, 0.15) is 35.3 Å². The summed E-state index contributed by atoms with van der Waals surface area (Å²) < 4.78 is 10.3. The molecule has 0 spiro atoms. The summed E-state index contributed by atoms with van der Waals surface area (Å²) in [6, 6.07) is 5.29. The Morgan fingerprint density at radius 1 is 1.40 bits per heavy atom. The molecule has 7 nitrogen and oxygen atoms in total. The second-order valence-corrected chi connectivity index (χ2v) is 5.67. The molecule has 1 unspecified atom stereocenters. The molecule has 3 rings (SSSR count). The highest BCUT2D eigenvalue weighted by molar-refractivity contribution is 6.09. The van der Waals surface area contributed by atoms with Crippen LogP contribution in [0.5, 0.6) is 0 Å². The molecule has 7 heteroatoms. The van der Waals surface area contributed by atoms with E-state index in [1.807, 2.05) is 12.1 Å². The number of aliphatic imine (C=N–C) groups is 1. The van der Waals surface area contributed by atoms with Crippen molar-refractivity contribution in [3.8, 4) is 0 Å². The van der Waals surface area contributed by atoms with Crippen LogP contribution in [0.25, 0.3) is 16.6 Å². The molecule has 0 aromatic carbocycles. The quantitative estimate of drug-likeness (QED) is 0.677. The Bertz CT molecular complexity index is 826. The molecule has 25 heavy (non-hydrogen) atoms. The van der Waals surface area contributed by atoms with Crippen LogP contribution >= 0.6 is 0 Å². The summed E-state index contributed by atoms with van der Waals surface area (Å²) in [6.07, 6.45) is 7.58. The minimum absolute atomic E-state index is 0.128. The first-order valence-electron chi connectivity index (χ1n) is 8.13. The molecule has 2 aromatic heterocycles.